The second-order valence-electron chi connectivity index (χ2n) is 7.41. The maximum Gasteiger partial charge on any atom is 0.256 e. The third-order valence-corrected chi connectivity index (χ3v) is 5.86. The first-order chi connectivity index (χ1) is 14.3. The number of carbonyl (C=O) groups is 1. The van der Waals surface area contributed by atoms with E-state index in [4.69, 9.17) is 16.6 Å². The van der Waals surface area contributed by atoms with E-state index in [1.54, 1.807) is 0 Å². The molecule has 150 valence electrons. The third kappa shape index (κ3) is 3.98. The predicted octanol–water partition coefficient (Wildman–Crippen LogP) is 7.50. The van der Waals surface area contributed by atoms with Crippen LogP contribution < -0.4 is 5.32 Å². The van der Waals surface area contributed by atoms with Gasteiger partial charge >= 0.3 is 0 Å². The van der Waals surface area contributed by atoms with E-state index in [0.717, 1.165) is 49.0 Å². The van der Waals surface area contributed by atoms with E-state index < -0.39 is 0 Å². The molecule has 0 spiro atoms. The summed E-state index contributed by atoms with van der Waals surface area (Å²) in [5, 5.41) is 4.52. The Balaban J connectivity index is 1.95. The number of rotatable bonds is 3. The van der Waals surface area contributed by atoms with Crippen molar-refractivity contribution in [2.45, 2.75) is 20.8 Å². The normalized spacial score (nSPS) is 11.0. The van der Waals surface area contributed by atoms with Crippen LogP contribution in [0.4, 0.5) is 5.69 Å². The van der Waals surface area contributed by atoms with Crippen molar-refractivity contribution in [1.29, 1.82) is 0 Å². The van der Waals surface area contributed by atoms with E-state index in [-0.39, 0.29) is 5.91 Å². The first-order valence-corrected chi connectivity index (χ1v) is 10.7. The van der Waals surface area contributed by atoms with Gasteiger partial charge in [0, 0.05) is 26.1 Å². The fraction of sp³-hybridized carbons (Fsp3) is 0.120. The second kappa shape index (κ2) is 8.21. The number of aromatic nitrogens is 1. The largest absolute Gasteiger partial charge is 0.322 e. The van der Waals surface area contributed by atoms with Gasteiger partial charge in [-0.05, 0) is 74.4 Å². The molecule has 30 heavy (non-hydrogen) atoms. The number of pyridine rings is 1. The van der Waals surface area contributed by atoms with Crippen LogP contribution >= 0.6 is 27.5 Å². The van der Waals surface area contributed by atoms with Crippen molar-refractivity contribution in [3.8, 4) is 11.3 Å². The van der Waals surface area contributed by atoms with Crippen LogP contribution in [-0.4, -0.2) is 10.9 Å². The number of nitrogens with zero attached hydrogens (tertiary/aromatic N) is 1. The van der Waals surface area contributed by atoms with E-state index in [1.165, 1.54) is 0 Å². The number of aryl methyl sites for hydroxylation is 2. The van der Waals surface area contributed by atoms with Crippen molar-refractivity contribution in [1.82, 2.24) is 4.98 Å². The number of anilines is 1. The van der Waals surface area contributed by atoms with E-state index in [0.29, 0.717) is 10.6 Å². The van der Waals surface area contributed by atoms with Gasteiger partial charge in [-0.25, -0.2) is 4.98 Å². The number of benzene rings is 3. The SMILES string of the molecule is Cc1cc(C)c2nc(-c3cccc(Cl)c3)c(C)c(C(=O)Nc3ccc(Br)cc3)c2c1. The van der Waals surface area contributed by atoms with Crippen LogP contribution in [-0.2, 0) is 0 Å². The van der Waals surface area contributed by atoms with Crippen molar-refractivity contribution in [2.24, 2.45) is 0 Å². The standard InChI is InChI=1S/C25H20BrClN2O/c1-14-11-15(2)23-21(12-14)22(25(30)28-20-9-7-18(26)8-10-20)16(3)24(29-23)17-5-4-6-19(27)13-17/h4-13H,1-3H3,(H,28,30). The smallest absolute Gasteiger partial charge is 0.256 e. The molecular formula is C25H20BrClN2O. The molecule has 1 aromatic heterocycles. The molecule has 1 heterocycles. The van der Waals surface area contributed by atoms with Crippen LogP contribution in [0, 0.1) is 20.8 Å². The summed E-state index contributed by atoms with van der Waals surface area (Å²) in [6.07, 6.45) is 0. The summed E-state index contributed by atoms with van der Waals surface area (Å²) in [5.74, 6) is -0.157. The Morgan fingerprint density at radius 2 is 1.73 bits per heavy atom. The summed E-state index contributed by atoms with van der Waals surface area (Å²) in [6, 6.07) is 19.2. The summed E-state index contributed by atoms with van der Waals surface area (Å²) in [4.78, 5) is 18.4. The highest BCUT2D eigenvalue weighted by Crippen LogP contribution is 2.33. The van der Waals surface area contributed by atoms with E-state index >= 15 is 0 Å². The lowest BCUT2D eigenvalue weighted by atomic mass is 9.94. The molecule has 0 saturated carbocycles. The van der Waals surface area contributed by atoms with E-state index in [2.05, 4.69) is 27.3 Å². The molecule has 0 unspecified atom stereocenters. The minimum Gasteiger partial charge on any atom is -0.322 e. The number of fused-ring (bicyclic) bond motifs is 1. The lowest BCUT2D eigenvalue weighted by Crippen LogP contribution is -2.15. The minimum atomic E-state index is -0.157. The van der Waals surface area contributed by atoms with Gasteiger partial charge in [-0.15, -0.1) is 0 Å². The maximum atomic E-state index is 13.4. The quantitative estimate of drug-likeness (QED) is 0.330. The Hall–Kier alpha value is -2.69. The van der Waals surface area contributed by atoms with Crippen LogP contribution in [0.25, 0.3) is 22.2 Å². The molecule has 0 bridgehead atoms. The van der Waals surface area contributed by atoms with Crippen molar-refractivity contribution >= 4 is 50.0 Å². The fourth-order valence-electron chi connectivity index (χ4n) is 3.75. The Kier molecular flexibility index (Phi) is 5.63. The van der Waals surface area contributed by atoms with Gasteiger partial charge < -0.3 is 5.32 Å². The highest BCUT2D eigenvalue weighted by Gasteiger charge is 2.20. The molecule has 5 heteroatoms. The number of halogens is 2. The zero-order valence-corrected chi connectivity index (χ0v) is 19.2. The van der Waals surface area contributed by atoms with Crippen molar-refractivity contribution in [2.75, 3.05) is 5.32 Å². The van der Waals surface area contributed by atoms with Crippen molar-refractivity contribution in [3.05, 3.63) is 92.4 Å². The number of hydrogen-bond acceptors (Lipinski definition) is 2. The van der Waals surface area contributed by atoms with Crippen LogP contribution in [0.3, 0.4) is 0 Å². The molecule has 0 radical (unpaired) electrons. The summed E-state index contributed by atoms with van der Waals surface area (Å²) in [7, 11) is 0. The summed E-state index contributed by atoms with van der Waals surface area (Å²) in [6.45, 7) is 6.00. The van der Waals surface area contributed by atoms with E-state index in [1.807, 2.05) is 75.4 Å². The Bertz CT molecular complexity index is 1280. The first-order valence-electron chi connectivity index (χ1n) is 9.58. The van der Waals surface area contributed by atoms with Gasteiger partial charge in [-0.2, -0.15) is 0 Å². The molecule has 0 aliphatic carbocycles. The molecule has 4 rings (SSSR count). The van der Waals surface area contributed by atoms with E-state index in [9.17, 15) is 4.79 Å². The minimum absolute atomic E-state index is 0.157. The molecule has 1 N–H and O–H groups in total. The third-order valence-electron chi connectivity index (χ3n) is 5.10. The molecular weight excluding hydrogens is 460 g/mol. The predicted molar refractivity (Wildman–Crippen MR) is 128 cm³/mol. The van der Waals surface area contributed by atoms with Gasteiger partial charge in [-0.1, -0.05) is 51.3 Å². The number of nitrogens with one attached hydrogen (secondary N) is 1. The molecule has 3 aromatic carbocycles. The number of carbonyl (C=O) groups excluding carboxylic acids is 1. The molecule has 0 aliphatic heterocycles. The van der Waals surface area contributed by atoms with Crippen LogP contribution in [0.2, 0.25) is 5.02 Å². The molecule has 0 atom stereocenters. The van der Waals surface area contributed by atoms with Gasteiger partial charge in [0.15, 0.2) is 0 Å². The lowest BCUT2D eigenvalue weighted by molar-refractivity contribution is 0.102. The van der Waals surface area contributed by atoms with Gasteiger partial charge in [-0.3, -0.25) is 4.79 Å². The van der Waals surface area contributed by atoms with Crippen LogP contribution in [0.15, 0.2) is 65.1 Å². The molecule has 0 fully saturated rings. The number of amides is 1. The Morgan fingerprint density at radius 3 is 2.43 bits per heavy atom. The maximum absolute atomic E-state index is 13.4. The topological polar surface area (TPSA) is 42.0 Å². The van der Waals surface area contributed by atoms with Crippen LogP contribution in [0.5, 0.6) is 0 Å². The highest BCUT2D eigenvalue weighted by atomic mass is 79.9. The average molecular weight is 480 g/mol. The zero-order chi connectivity index (χ0) is 21.4. The summed E-state index contributed by atoms with van der Waals surface area (Å²) < 4.78 is 0.959. The first kappa shape index (κ1) is 20.6. The fourth-order valence-corrected chi connectivity index (χ4v) is 4.21. The molecule has 3 nitrogen and oxygen atoms in total. The van der Waals surface area contributed by atoms with Gasteiger partial charge in [0.1, 0.15) is 0 Å². The Morgan fingerprint density at radius 1 is 1.00 bits per heavy atom. The zero-order valence-electron chi connectivity index (χ0n) is 16.9. The lowest BCUT2D eigenvalue weighted by Gasteiger charge is -2.17. The molecule has 0 saturated heterocycles. The summed E-state index contributed by atoms with van der Waals surface area (Å²) in [5.41, 5.74) is 6.79. The van der Waals surface area contributed by atoms with Crippen molar-refractivity contribution < 1.29 is 4.79 Å². The molecule has 4 aromatic rings. The Labute approximate surface area is 189 Å². The van der Waals surface area contributed by atoms with Gasteiger partial charge in [0.25, 0.3) is 5.91 Å². The highest BCUT2D eigenvalue weighted by molar-refractivity contribution is 9.10. The second-order valence-corrected chi connectivity index (χ2v) is 8.76. The summed E-state index contributed by atoms with van der Waals surface area (Å²) >= 11 is 9.66. The average Bonchev–Trinajstić information content (AvgIpc) is 2.69. The van der Waals surface area contributed by atoms with Crippen LogP contribution in [0.1, 0.15) is 27.0 Å². The molecule has 1 amide bonds. The van der Waals surface area contributed by atoms with Gasteiger partial charge in [0.05, 0.1) is 16.8 Å². The number of hydrogen-bond donors (Lipinski definition) is 1. The van der Waals surface area contributed by atoms with Crippen molar-refractivity contribution in [3.63, 3.8) is 0 Å². The monoisotopic (exact) mass is 478 g/mol. The molecule has 0 aliphatic rings. The van der Waals surface area contributed by atoms with Gasteiger partial charge in [0.2, 0.25) is 0 Å².